The molecule has 2 aromatic rings. The second kappa shape index (κ2) is 5.08. The zero-order valence-corrected chi connectivity index (χ0v) is 10.8. The Balaban J connectivity index is 2.15. The first-order valence-electron chi connectivity index (χ1n) is 5.93. The number of aryl methyl sites for hydroxylation is 3. The van der Waals surface area contributed by atoms with Gasteiger partial charge >= 0.3 is 0 Å². The average Bonchev–Trinajstić information content (AvgIpc) is 2.71. The number of carbonyl (C=O) groups excluding carboxylic acids is 1. The lowest BCUT2D eigenvalue weighted by Gasteiger charge is -2.00. The molecule has 2 rings (SSSR count). The Morgan fingerprint density at radius 2 is 2.00 bits per heavy atom. The van der Waals surface area contributed by atoms with Crippen molar-refractivity contribution in [3.8, 4) is 0 Å². The molecule has 0 aliphatic heterocycles. The topological polar surface area (TPSA) is 60.7 Å². The van der Waals surface area contributed by atoms with Gasteiger partial charge in [0.15, 0.2) is 5.82 Å². The van der Waals surface area contributed by atoms with Crippen molar-refractivity contribution in [3.05, 3.63) is 41.2 Å². The average molecular weight is 244 g/mol. The predicted molar refractivity (Wildman–Crippen MR) is 67.4 cm³/mol. The summed E-state index contributed by atoms with van der Waals surface area (Å²) in [6.07, 6.45) is 4.46. The van der Waals surface area contributed by atoms with Gasteiger partial charge in [0.2, 0.25) is 5.78 Å². The number of hydrogen-bond donors (Lipinski definition) is 0. The normalized spacial score (nSPS) is 10.6. The summed E-state index contributed by atoms with van der Waals surface area (Å²) in [4.78, 5) is 20.1. The van der Waals surface area contributed by atoms with Gasteiger partial charge in [0, 0.05) is 25.1 Å². The monoisotopic (exact) mass is 244 g/mol. The van der Waals surface area contributed by atoms with E-state index in [1.54, 1.807) is 17.1 Å². The van der Waals surface area contributed by atoms with Crippen LogP contribution in [0.1, 0.15) is 34.5 Å². The lowest BCUT2D eigenvalue weighted by atomic mass is 10.2. The van der Waals surface area contributed by atoms with Crippen LogP contribution in [0.25, 0.3) is 0 Å². The van der Waals surface area contributed by atoms with Crippen molar-refractivity contribution in [1.82, 2.24) is 19.7 Å². The van der Waals surface area contributed by atoms with Gasteiger partial charge in [0.1, 0.15) is 0 Å². The number of Topliss-reactive ketones (excluding diaryl/α,β-unsaturated/α-hetero) is 1. The van der Waals surface area contributed by atoms with Crippen molar-refractivity contribution >= 4 is 5.78 Å². The smallest absolute Gasteiger partial charge is 0.205 e. The first kappa shape index (κ1) is 12.4. The van der Waals surface area contributed by atoms with Crippen molar-refractivity contribution in [1.29, 1.82) is 0 Å². The molecule has 0 amide bonds. The molecule has 0 aromatic carbocycles. The third-order valence-electron chi connectivity index (χ3n) is 2.76. The molecule has 0 saturated carbocycles. The Hall–Kier alpha value is -2.04. The second-order valence-corrected chi connectivity index (χ2v) is 4.29. The molecule has 5 nitrogen and oxygen atoms in total. The Morgan fingerprint density at radius 3 is 2.56 bits per heavy atom. The Kier molecular flexibility index (Phi) is 3.50. The van der Waals surface area contributed by atoms with E-state index >= 15 is 0 Å². The molecule has 0 spiro atoms. The van der Waals surface area contributed by atoms with Crippen LogP contribution in [0.15, 0.2) is 18.5 Å². The van der Waals surface area contributed by atoms with E-state index in [-0.39, 0.29) is 18.0 Å². The van der Waals surface area contributed by atoms with Crippen LogP contribution in [0.3, 0.4) is 0 Å². The minimum atomic E-state index is -0.0827. The zero-order chi connectivity index (χ0) is 13.1. The summed E-state index contributed by atoms with van der Waals surface area (Å²) >= 11 is 0. The molecule has 18 heavy (non-hydrogen) atoms. The van der Waals surface area contributed by atoms with Crippen LogP contribution in [0.5, 0.6) is 0 Å². The van der Waals surface area contributed by atoms with Gasteiger partial charge < -0.3 is 0 Å². The SMILES string of the molecule is CCc1cc(CC(=O)c2ncc(C)cn2)n(C)n1. The summed E-state index contributed by atoms with van der Waals surface area (Å²) in [5.74, 6) is 0.181. The number of carbonyl (C=O) groups is 1. The van der Waals surface area contributed by atoms with Gasteiger partial charge in [-0.25, -0.2) is 9.97 Å². The van der Waals surface area contributed by atoms with Gasteiger partial charge in [-0.05, 0) is 25.0 Å². The standard InChI is InChI=1S/C13H16N4O/c1-4-10-5-11(17(3)16-10)6-12(18)13-14-7-9(2)8-15-13/h5,7-8H,4,6H2,1-3H3. The van der Waals surface area contributed by atoms with Crippen molar-refractivity contribution in [2.24, 2.45) is 7.05 Å². The third-order valence-corrected chi connectivity index (χ3v) is 2.76. The van der Waals surface area contributed by atoms with E-state index in [0.29, 0.717) is 0 Å². The molecule has 0 unspecified atom stereocenters. The van der Waals surface area contributed by atoms with E-state index in [9.17, 15) is 4.79 Å². The fourth-order valence-electron chi connectivity index (χ4n) is 1.69. The molecule has 94 valence electrons. The van der Waals surface area contributed by atoms with Crippen molar-refractivity contribution < 1.29 is 4.79 Å². The second-order valence-electron chi connectivity index (χ2n) is 4.29. The number of ketones is 1. The van der Waals surface area contributed by atoms with E-state index in [1.807, 2.05) is 27.0 Å². The third kappa shape index (κ3) is 2.61. The molecule has 0 radical (unpaired) electrons. The van der Waals surface area contributed by atoms with Gasteiger partial charge in [0.25, 0.3) is 0 Å². The molecule has 2 aromatic heterocycles. The summed E-state index contributed by atoms with van der Waals surface area (Å²) in [5.41, 5.74) is 2.83. The predicted octanol–water partition coefficient (Wildman–Crippen LogP) is 1.51. The fraction of sp³-hybridized carbons (Fsp3) is 0.385. The fourth-order valence-corrected chi connectivity index (χ4v) is 1.69. The van der Waals surface area contributed by atoms with E-state index in [0.717, 1.165) is 23.4 Å². The van der Waals surface area contributed by atoms with Crippen molar-refractivity contribution in [2.75, 3.05) is 0 Å². The maximum atomic E-state index is 12.0. The summed E-state index contributed by atoms with van der Waals surface area (Å²) in [6, 6.07) is 1.95. The maximum absolute atomic E-state index is 12.0. The van der Waals surface area contributed by atoms with Crippen LogP contribution in [0, 0.1) is 6.92 Å². The highest BCUT2D eigenvalue weighted by molar-refractivity contribution is 5.93. The van der Waals surface area contributed by atoms with Gasteiger partial charge in [-0.15, -0.1) is 0 Å². The van der Waals surface area contributed by atoms with Crippen LogP contribution in [0.2, 0.25) is 0 Å². The highest BCUT2D eigenvalue weighted by Gasteiger charge is 2.13. The van der Waals surface area contributed by atoms with Gasteiger partial charge in [-0.3, -0.25) is 9.48 Å². The lowest BCUT2D eigenvalue weighted by molar-refractivity contribution is 0.0980. The highest BCUT2D eigenvalue weighted by Crippen LogP contribution is 2.07. The summed E-state index contributed by atoms with van der Waals surface area (Å²) < 4.78 is 1.74. The van der Waals surface area contributed by atoms with Gasteiger partial charge in [0.05, 0.1) is 12.1 Å². The summed E-state index contributed by atoms with van der Waals surface area (Å²) in [6.45, 7) is 3.93. The Morgan fingerprint density at radius 1 is 1.33 bits per heavy atom. The first-order valence-corrected chi connectivity index (χ1v) is 5.93. The van der Waals surface area contributed by atoms with Crippen LogP contribution >= 0.6 is 0 Å². The molecule has 0 atom stereocenters. The van der Waals surface area contributed by atoms with Crippen LogP contribution in [0.4, 0.5) is 0 Å². The maximum Gasteiger partial charge on any atom is 0.205 e. The first-order chi connectivity index (χ1) is 8.60. The quantitative estimate of drug-likeness (QED) is 0.765. The minimum Gasteiger partial charge on any atom is -0.290 e. The van der Waals surface area contributed by atoms with Gasteiger partial charge in [-0.1, -0.05) is 6.92 Å². The Labute approximate surface area is 106 Å². The van der Waals surface area contributed by atoms with E-state index < -0.39 is 0 Å². The van der Waals surface area contributed by atoms with E-state index in [4.69, 9.17) is 0 Å². The zero-order valence-electron chi connectivity index (χ0n) is 10.8. The summed E-state index contributed by atoms with van der Waals surface area (Å²) in [5, 5.41) is 4.31. The molecular formula is C13H16N4O. The summed E-state index contributed by atoms with van der Waals surface area (Å²) in [7, 11) is 1.85. The highest BCUT2D eigenvalue weighted by atomic mass is 16.1. The van der Waals surface area contributed by atoms with E-state index in [1.165, 1.54) is 0 Å². The number of hydrogen-bond acceptors (Lipinski definition) is 4. The Bertz CT molecular complexity index is 557. The molecule has 0 N–H and O–H groups in total. The molecule has 0 bridgehead atoms. The number of aromatic nitrogens is 4. The molecule has 0 aliphatic carbocycles. The lowest BCUT2D eigenvalue weighted by Crippen LogP contribution is -2.11. The molecule has 2 heterocycles. The molecule has 0 saturated heterocycles. The van der Waals surface area contributed by atoms with Crippen molar-refractivity contribution in [2.45, 2.75) is 26.7 Å². The largest absolute Gasteiger partial charge is 0.290 e. The molecule has 5 heteroatoms. The molecule has 0 fully saturated rings. The van der Waals surface area contributed by atoms with Crippen LogP contribution < -0.4 is 0 Å². The van der Waals surface area contributed by atoms with Crippen molar-refractivity contribution in [3.63, 3.8) is 0 Å². The number of nitrogens with zero attached hydrogens (tertiary/aromatic N) is 4. The minimum absolute atomic E-state index is 0.0827. The van der Waals surface area contributed by atoms with E-state index in [2.05, 4.69) is 15.1 Å². The molecule has 0 aliphatic rings. The van der Waals surface area contributed by atoms with Gasteiger partial charge in [-0.2, -0.15) is 5.10 Å². The molecular weight excluding hydrogens is 228 g/mol. The van der Waals surface area contributed by atoms with Crippen LogP contribution in [-0.4, -0.2) is 25.5 Å². The van der Waals surface area contributed by atoms with Crippen LogP contribution in [-0.2, 0) is 19.9 Å². The number of rotatable bonds is 4.